The number of hydrogen-bond acceptors (Lipinski definition) is 1. The van der Waals surface area contributed by atoms with Gasteiger partial charge < -0.3 is 4.90 Å². The molecule has 0 N–H and O–H groups in total. The SMILES string of the molecule is Cc1ccc(N=CN(C)C)c(C)c1. The average molecular weight is 176 g/mol. The summed E-state index contributed by atoms with van der Waals surface area (Å²) in [4.78, 5) is 6.28. The summed E-state index contributed by atoms with van der Waals surface area (Å²) >= 11 is 0. The van der Waals surface area contributed by atoms with Crippen LogP contribution in [0.3, 0.4) is 0 Å². The molecule has 0 atom stereocenters. The summed E-state index contributed by atoms with van der Waals surface area (Å²) in [7, 11) is 3.93. The molecule has 2 heteroatoms. The van der Waals surface area contributed by atoms with Crippen LogP contribution in [0.2, 0.25) is 0 Å². The Kier molecular flexibility index (Phi) is 3.07. The lowest BCUT2D eigenvalue weighted by Crippen LogP contribution is -2.07. The molecule has 70 valence electrons. The topological polar surface area (TPSA) is 15.6 Å². The maximum Gasteiger partial charge on any atom is 0.0907 e. The summed E-state index contributed by atoms with van der Waals surface area (Å²) in [6, 6.07) is 6.27. The van der Waals surface area contributed by atoms with Gasteiger partial charge in [-0.3, -0.25) is 0 Å². The Hall–Kier alpha value is -1.31. The second-order valence-electron chi connectivity index (χ2n) is 3.50. The molecule has 0 saturated heterocycles. The summed E-state index contributed by atoms with van der Waals surface area (Å²) in [5.41, 5.74) is 3.54. The molecule has 0 spiro atoms. The first kappa shape index (κ1) is 9.78. The predicted octanol–water partition coefficient (Wildman–Crippen LogP) is 2.52. The van der Waals surface area contributed by atoms with Gasteiger partial charge in [0.25, 0.3) is 0 Å². The average Bonchev–Trinajstić information content (AvgIpc) is 2.02. The van der Waals surface area contributed by atoms with Crippen molar-refractivity contribution in [2.24, 2.45) is 4.99 Å². The minimum absolute atomic E-state index is 1.04. The van der Waals surface area contributed by atoms with Crippen molar-refractivity contribution < 1.29 is 0 Å². The van der Waals surface area contributed by atoms with E-state index in [1.54, 1.807) is 0 Å². The van der Waals surface area contributed by atoms with Gasteiger partial charge in [0.15, 0.2) is 0 Å². The van der Waals surface area contributed by atoms with Crippen LogP contribution in [0.1, 0.15) is 11.1 Å². The smallest absolute Gasteiger partial charge is 0.0907 e. The van der Waals surface area contributed by atoms with Crippen molar-refractivity contribution >= 4 is 12.0 Å². The molecule has 1 aromatic carbocycles. The summed E-state index contributed by atoms with van der Waals surface area (Å²) in [6.07, 6.45) is 1.82. The van der Waals surface area contributed by atoms with Gasteiger partial charge in [-0.05, 0) is 25.5 Å². The van der Waals surface area contributed by atoms with E-state index in [-0.39, 0.29) is 0 Å². The van der Waals surface area contributed by atoms with E-state index in [9.17, 15) is 0 Å². The van der Waals surface area contributed by atoms with E-state index < -0.39 is 0 Å². The van der Waals surface area contributed by atoms with Crippen LogP contribution in [0.25, 0.3) is 0 Å². The molecule has 0 saturated carbocycles. The lowest BCUT2D eigenvalue weighted by molar-refractivity contribution is 0.643. The predicted molar refractivity (Wildman–Crippen MR) is 57.8 cm³/mol. The molecule has 0 radical (unpaired) electrons. The molecule has 0 fully saturated rings. The van der Waals surface area contributed by atoms with E-state index in [4.69, 9.17) is 0 Å². The summed E-state index contributed by atoms with van der Waals surface area (Å²) < 4.78 is 0. The zero-order valence-corrected chi connectivity index (χ0v) is 8.70. The molecule has 0 aromatic heterocycles. The Morgan fingerprint density at radius 1 is 1.23 bits per heavy atom. The third-order valence-electron chi connectivity index (χ3n) is 1.78. The molecule has 13 heavy (non-hydrogen) atoms. The number of rotatable bonds is 2. The monoisotopic (exact) mass is 176 g/mol. The highest BCUT2D eigenvalue weighted by atomic mass is 15.1. The quantitative estimate of drug-likeness (QED) is 0.499. The van der Waals surface area contributed by atoms with Gasteiger partial charge in [0, 0.05) is 14.1 Å². The summed E-state index contributed by atoms with van der Waals surface area (Å²) in [6.45, 7) is 4.17. The number of aliphatic imine (C=N–C) groups is 1. The first-order chi connectivity index (χ1) is 6.09. The Morgan fingerprint density at radius 2 is 1.92 bits per heavy atom. The molecule has 1 aromatic rings. The van der Waals surface area contributed by atoms with Crippen molar-refractivity contribution in [2.45, 2.75) is 13.8 Å². The van der Waals surface area contributed by atoms with E-state index in [2.05, 4.69) is 31.0 Å². The Labute approximate surface area is 79.9 Å². The van der Waals surface area contributed by atoms with Crippen molar-refractivity contribution in [1.29, 1.82) is 0 Å². The van der Waals surface area contributed by atoms with Crippen LogP contribution in [-0.4, -0.2) is 25.3 Å². The minimum atomic E-state index is 1.04. The lowest BCUT2D eigenvalue weighted by Gasteiger charge is -2.04. The van der Waals surface area contributed by atoms with Crippen LogP contribution in [0.4, 0.5) is 5.69 Å². The number of aryl methyl sites for hydroxylation is 2. The van der Waals surface area contributed by atoms with Gasteiger partial charge in [0.05, 0.1) is 12.0 Å². The van der Waals surface area contributed by atoms with Crippen LogP contribution in [0, 0.1) is 13.8 Å². The molecule has 0 aliphatic carbocycles. The molecule has 0 bridgehead atoms. The van der Waals surface area contributed by atoms with Gasteiger partial charge in [0.2, 0.25) is 0 Å². The fourth-order valence-electron chi connectivity index (χ4n) is 1.13. The molecule has 0 aliphatic heterocycles. The normalized spacial score (nSPS) is 10.8. The number of hydrogen-bond donors (Lipinski definition) is 0. The van der Waals surface area contributed by atoms with Crippen LogP contribution < -0.4 is 0 Å². The Bertz CT molecular complexity index is 314. The van der Waals surface area contributed by atoms with E-state index >= 15 is 0 Å². The second-order valence-corrected chi connectivity index (χ2v) is 3.50. The van der Waals surface area contributed by atoms with Crippen molar-refractivity contribution in [3.05, 3.63) is 29.3 Å². The highest BCUT2D eigenvalue weighted by Gasteiger charge is 1.94. The molecule has 1 rings (SSSR count). The summed E-state index contributed by atoms with van der Waals surface area (Å²) in [5.74, 6) is 0. The Morgan fingerprint density at radius 3 is 2.46 bits per heavy atom. The lowest BCUT2D eigenvalue weighted by atomic mass is 10.1. The van der Waals surface area contributed by atoms with Crippen LogP contribution in [-0.2, 0) is 0 Å². The van der Waals surface area contributed by atoms with Gasteiger partial charge in [-0.1, -0.05) is 17.7 Å². The van der Waals surface area contributed by atoms with E-state index in [0.717, 1.165) is 5.69 Å². The largest absolute Gasteiger partial charge is 0.369 e. The molecular weight excluding hydrogens is 160 g/mol. The van der Waals surface area contributed by atoms with E-state index in [0.29, 0.717) is 0 Å². The fraction of sp³-hybridized carbons (Fsp3) is 0.364. The van der Waals surface area contributed by atoms with Crippen LogP contribution in [0.15, 0.2) is 23.2 Å². The molecule has 0 unspecified atom stereocenters. The van der Waals surface area contributed by atoms with Crippen LogP contribution >= 0.6 is 0 Å². The van der Waals surface area contributed by atoms with Gasteiger partial charge >= 0.3 is 0 Å². The molecule has 0 aliphatic rings. The van der Waals surface area contributed by atoms with Crippen molar-refractivity contribution in [3.63, 3.8) is 0 Å². The maximum atomic E-state index is 4.35. The number of benzene rings is 1. The maximum absolute atomic E-state index is 4.35. The van der Waals surface area contributed by atoms with Gasteiger partial charge in [-0.15, -0.1) is 0 Å². The molecular formula is C11H16N2. The van der Waals surface area contributed by atoms with E-state index in [1.807, 2.05) is 31.4 Å². The van der Waals surface area contributed by atoms with Crippen molar-refractivity contribution in [2.75, 3.05) is 14.1 Å². The highest BCUT2D eigenvalue weighted by Crippen LogP contribution is 2.18. The van der Waals surface area contributed by atoms with Crippen molar-refractivity contribution in [1.82, 2.24) is 4.90 Å². The van der Waals surface area contributed by atoms with Gasteiger partial charge in [-0.2, -0.15) is 0 Å². The fourth-order valence-corrected chi connectivity index (χ4v) is 1.13. The molecule has 0 heterocycles. The third-order valence-corrected chi connectivity index (χ3v) is 1.78. The zero-order chi connectivity index (χ0) is 9.84. The third kappa shape index (κ3) is 2.90. The first-order valence-corrected chi connectivity index (χ1v) is 4.37. The molecule has 2 nitrogen and oxygen atoms in total. The Balaban J connectivity index is 2.90. The standard InChI is InChI=1S/C11H16N2/c1-9-5-6-11(10(2)7-9)12-8-13(3)4/h5-8H,1-4H3. The first-order valence-electron chi connectivity index (χ1n) is 4.37. The van der Waals surface area contributed by atoms with Gasteiger partial charge in [-0.25, -0.2) is 4.99 Å². The number of nitrogens with zero attached hydrogens (tertiary/aromatic N) is 2. The van der Waals surface area contributed by atoms with E-state index in [1.165, 1.54) is 11.1 Å². The molecule has 0 amide bonds. The summed E-state index contributed by atoms with van der Waals surface area (Å²) in [5, 5.41) is 0. The van der Waals surface area contributed by atoms with Crippen LogP contribution in [0.5, 0.6) is 0 Å². The van der Waals surface area contributed by atoms with Crippen molar-refractivity contribution in [3.8, 4) is 0 Å². The van der Waals surface area contributed by atoms with Gasteiger partial charge in [0.1, 0.15) is 0 Å². The highest BCUT2D eigenvalue weighted by molar-refractivity contribution is 5.62. The second kappa shape index (κ2) is 4.08. The minimum Gasteiger partial charge on any atom is -0.369 e. The zero-order valence-electron chi connectivity index (χ0n) is 8.70.